The molecule has 8 heteroatoms. The van der Waals surface area contributed by atoms with Crippen molar-refractivity contribution in [1.29, 1.82) is 0 Å². The van der Waals surface area contributed by atoms with E-state index in [0.29, 0.717) is 23.0 Å². The normalized spacial score (nSPS) is 24.2. The number of amides is 1. The fraction of sp³-hybridized carbons (Fsp3) is 0.650. The van der Waals surface area contributed by atoms with Gasteiger partial charge in [-0.2, -0.15) is 0 Å². The first-order valence-corrected chi connectivity index (χ1v) is 10.7. The second-order valence-electron chi connectivity index (χ2n) is 7.82. The molecule has 3 rings (SSSR count). The second kappa shape index (κ2) is 9.05. The van der Waals surface area contributed by atoms with E-state index in [-0.39, 0.29) is 23.8 Å². The van der Waals surface area contributed by atoms with Gasteiger partial charge < -0.3 is 19.7 Å². The number of ether oxygens (including phenoxy) is 2. The molecule has 0 radical (unpaired) electrons. The zero-order chi connectivity index (χ0) is 20.3. The first-order valence-electron chi connectivity index (χ1n) is 9.87. The Balaban J connectivity index is 1.64. The average molecular weight is 410 g/mol. The van der Waals surface area contributed by atoms with E-state index in [4.69, 9.17) is 9.47 Å². The van der Waals surface area contributed by atoms with Crippen LogP contribution in [-0.4, -0.2) is 51.7 Å². The predicted molar refractivity (Wildman–Crippen MR) is 106 cm³/mol. The minimum atomic E-state index is -0.381. The fourth-order valence-corrected chi connectivity index (χ4v) is 5.57. The summed E-state index contributed by atoms with van der Waals surface area (Å²) in [7, 11) is 2.79. The summed E-state index contributed by atoms with van der Waals surface area (Å²) in [4.78, 5) is 38.9. The minimum absolute atomic E-state index is 0.0613. The van der Waals surface area contributed by atoms with Gasteiger partial charge in [-0.1, -0.05) is 6.92 Å². The number of quaternary nitrogens is 1. The van der Waals surface area contributed by atoms with E-state index in [1.54, 1.807) is 0 Å². The van der Waals surface area contributed by atoms with Crippen LogP contribution in [0.1, 0.15) is 47.0 Å². The van der Waals surface area contributed by atoms with Gasteiger partial charge in [-0.3, -0.25) is 9.59 Å². The molecule has 0 spiro atoms. The van der Waals surface area contributed by atoms with E-state index in [1.165, 1.54) is 30.4 Å². The largest absolute Gasteiger partial charge is 0.469 e. The average Bonchev–Trinajstić information content (AvgIpc) is 3.03. The molecule has 0 bridgehead atoms. The monoisotopic (exact) mass is 409 g/mol. The lowest BCUT2D eigenvalue weighted by atomic mass is 9.88. The molecule has 154 valence electrons. The zero-order valence-corrected chi connectivity index (χ0v) is 17.6. The van der Waals surface area contributed by atoms with Crippen LogP contribution in [0, 0.1) is 11.8 Å². The first-order chi connectivity index (χ1) is 13.4. The number of methoxy groups -OCH3 is 2. The van der Waals surface area contributed by atoms with Gasteiger partial charge in [0, 0.05) is 17.7 Å². The van der Waals surface area contributed by atoms with Crippen LogP contribution >= 0.6 is 11.3 Å². The molecular weight excluding hydrogens is 380 g/mol. The number of carbonyl (C=O) groups excluding carboxylic acids is 3. The van der Waals surface area contributed by atoms with Gasteiger partial charge in [-0.05, 0) is 30.7 Å². The number of esters is 2. The van der Waals surface area contributed by atoms with Crippen LogP contribution in [0.4, 0.5) is 5.00 Å². The van der Waals surface area contributed by atoms with Gasteiger partial charge >= 0.3 is 11.9 Å². The molecule has 0 aromatic carbocycles. The number of hydrogen-bond acceptors (Lipinski definition) is 6. The third-order valence-electron chi connectivity index (χ3n) is 5.79. The lowest BCUT2D eigenvalue weighted by Gasteiger charge is -2.27. The molecule has 1 atom stereocenters. The van der Waals surface area contributed by atoms with Crippen LogP contribution < -0.4 is 10.2 Å². The molecule has 2 aliphatic rings. The van der Waals surface area contributed by atoms with Gasteiger partial charge in [0.05, 0.1) is 38.8 Å². The van der Waals surface area contributed by atoms with E-state index < -0.39 is 0 Å². The van der Waals surface area contributed by atoms with E-state index in [9.17, 15) is 14.4 Å². The summed E-state index contributed by atoms with van der Waals surface area (Å²) in [6, 6.07) is 0. The molecule has 28 heavy (non-hydrogen) atoms. The summed E-state index contributed by atoms with van der Waals surface area (Å²) in [6.07, 6.45) is 4.29. The number of likely N-dealkylation sites (tertiary alicyclic amines) is 1. The second-order valence-corrected chi connectivity index (χ2v) is 8.93. The van der Waals surface area contributed by atoms with Crippen molar-refractivity contribution >= 4 is 34.2 Å². The van der Waals surface area contributed by atoms with Crippen LogP contribution in [0.5, 0.6) is 0 Å². The minimum Gasteiger partial charge on any atom is -0.469 e. The maximum absolute atomic E-state index is 12.6. The number of rotatable bonds is 5. The van der Waals surface area contributed by atoms with Gasteiger partial charge in [0.15, 0.2) is 6.54 Å². The molecule has 1 aliphatic carbocycles. The molecule has 1 saturated heterocycles. The highest BCUT2D eigenvalue weighted by Crippen LogP contribution is 2.39. The van der Waals surface area contributed by atoms with Crippen molar-refractivity contribution in [3.05, 3.63) is 16.0 Å². The van der Waals surface area contributed by atoms with E-state index in [2.05, 4.69) is 12.2 Å². The summed E-state index contributed by atoms with van der Waals surface area (Å²) in [5.74, 6) is -0.129. The van der Waals surface area contributed by atoms with Crippen LogP contribution in [0.2, 0.25) is 0 Å². The van der Waals surface area contributed by atoms with Crippen molar-refractivity contribution in [2.24, 2.45) is 11.8 Å². The predicted octanol–water partition coefficient (Wildman–Crippen LogP) is 1.07. The SMILES string of the molecule is COC(=O)c1c(NC(=O)C[NH+]2CCC(C(=O)OC)CC2)sc2c1CC[C@H](C)C2. The molecule has 0 unspecified atom stereocenters. The summed E-state index contributed by atoms with van der Waals surface area (Å²) < 4.78 is 9.78. The molecule has 2 N–H and O–H groups in total. The topological polar surface area (TPSA) is 86.1 Å². The van der Waals surface area contributed by atoms with Crippen LogP contribution in [0.25, 0.3) is 0 Å². The molecule has 1 aromatic rings. The van der Waals surface area contributed by atoms with Crippen LogP contribution in [0.15, 0.2) is 0 Å². The Morgan fingerprint density at radius 3 is 2.50 bits per heavy atom. The number of anilines is 1. The number of carbonyl (C=O) groups is 3. The quantitative estimate of drug-likeness (QED) is 0.711. The Morgan fingerprint density at radius 2 is 1.86 bits per heavy atom. The lowest BCUT2D eigenvalue weighted by Crippen LogP contribution is -3.14. The van der Waals surface area contributed by atoms with E-state index in [1.807, 2.05) is 0 Å². The van der Waals surface area contributed by atoms with E-state index >= 15 is 0 Å². The third-order valence-corrected chi connectivity index (χ3v) is 6.96. The van der Waals surface area contributed by atoms with Crippen molar-refractivity contribution in [1.82, 2.24) is 0 Å². The first kappa shape index (κ1) is 20.8. The third kappa shape index (κ3) is 4.55. The Kier molecular flexibility index (Phi) is 6.72. The van der Waals surface area contributed by atoms with Gasteiger partial charge in [-0.25, -0.2) is 4.79 Å². The highest BCUT2D eigenvalue weighted by Gasteiger charge is 2.31. The molecule has 1 amide bonds. The van der Waals surface area contributed by atoms with Crippen LogP contribution in [-0.2, 0) is 31.9 Å². The summed E-state index contributed by atoms with van der Waals surface area (Å²) >= 11 is 1.50. The lowest BCUT2D eigenvalue weighted by molar-refractivity contribution is -0.897. The van der Waals surface area contributed by atoms with Crippen molar-refractivity contribution in [2.45, 2.75) is 39.0 Å². The number of hydrogen-bond donors (Lipinski definition) is 2. The molecule has 2 heterocycles. The number of nitrogens with one attached hydrogen (secondary N) is 2. The van der Waals surface area contributed by atoms with Crippen molar-refractivity contribution < 1.29 is 28.8 Å². The molecule has 1 aliphatic heterocycles. The Morgan fingerprint density at radius 1 is 1.14 bits per heavy atom. The fourth-order valence-electron chi connectivity index (χ4n) is 4.16. The number of thiophene rings is 1. The molecule has 7 nitrogen and oxygen atoms in total. The number of fused-ring (bicyclic) bond motifs is 1. The summed E-state index contributed by atoms with van der Waals surface area (Å²) in [6.45, 7) is 4.05. The van der Waals surface area contributed by atoms with Gasteiger partial charge in [0.25, 0.3) is 5.91 Å². The Bertz CT molecular complexity index is 752. The standard InChI is InChI=1S/C20H28N2O5S/c1-12-4-5-14-15(10-12)28-18(17(14)20(25)27-3)21-16(23)11-22-8-6-13(7-9-22)19(24)26-2/h12-13H,4-11H2,1-3H3,(H,21,23)/p+1/t12-/m0/s1. The number of piperidine rings is 1. The highest BCUT2D eigenvalue weighted by molar-refractivity contribution is 7.17. The Labute approximate surface area is 169 Å². The Hall–Kier alpha value is -1.93. The van der Waals surface area contributed by atoms with Crippen molar-refractivity contribution in [3.8, 4) is 0 Å². The van der Waals surface area contributed by atoms with Gasteiger partial charge in [0.2, 0.25) is 0 Å². The highest BCUT2D eigenvalue weighted by atomic mass is 32.1. The van der Waals surface area contributed by atoms with Gasteiger partial charge in [-0.15, -0.1) is 11.3 Å². The molecule has 0 saturated carbocycles. The molecule has 1 aromatic heterocycles. The smallest absolute Gasteiger partial charge is 0.341 e. The van der Waals surface area contributed by atoms with Gasteiger partial charge in [0.1, 0.15) is 5.00 Å². The zero-order valence-electron chi connectivity index (χ0n) is 16.8. The van der Waals surface area contributed by atoms with Crippen molar-refractivity contribution in [2.75, 3.05) is 39.2 Å². The van der Waals surface area contributed by atoms with Crippen LogP contribution in [0.3, 0.4) is 0 Å². The molecular formula is C20H29N2O5S+. The molecule has 1 fully saturated rings. The summed E-state index contributed by atoms with van der Waals surface area (Å²) in [5.41, 5.74) is 1.57. The summed E-state index contributed by atoms with van der Waals surface area (Å²) in [5, 5.41) is 3.57. The maximum atomic E-state index is 12.6. The van der Waals surface area contributed by atoms with E-state index in [0.717, 1.165) is 55.7 Å². The van der Waals surface area contributed by atoms with Crippen molar-refractivity contribution in [3.63, 3.8) is 0 Å². The maximum Gasteiger partial charge on any atom is 0.341 e.